The second kappa shape index (κ2) is 16.0. The number of benzene rings is 1. The molecular formula is C31H52N8. The maximum Gasteiger partial charge on any atom is 0.226 e. The summed E-state index contributed by atoms with van der Waals surface area (Å²) in [5, 5.41) is 10.7. The largest absolute Gasteiger partial charge is 0.383 e. The van der Waals surface area contributed by atoms with Crippen LogP contribution >= 0.6 is 0 Å². The molecule has 0 bridgehead atoms. The number of nitrogens with two attached hydrogens (primary N) is 1. The van der Waals surface area contributed by atoms with Crippen molar-refractivity contribution < 1.29 is 0 Å². The second-order valence-corrected chi connectivity index (χ2v) is 11.4. The lowest BCUT2D eigenvalue weighted by Crippen LogP contribution is -2.48. The molecule has 0 radical (unpaired) electrons. The highest BCUT2D eigenvalue weighted by Gasteiger charge is 2.21. The molecule has 2 aliphatic rings. The Kier molecular flexibility index (Phi) is 12.1. The molecule has 1 aliphatic heterocycles. The lowest BCUT2D eigenvalue weighted by atomic mass is 9.95. The summed E-state index contributed by atoms with van der Waals surface area (Å²) >= 11 is 0. The SMILES string of the molecule is CCC(CC)CN1CCN(c2cc(N)nc(NCc3ccc(CNCCCNC4CCCCC4)cc3)n2)CC1. The number of nitrogens with zero attached hydrogens (tertiary/aromatic N) is 4. The number of anilines is 3. The van der Waals surface area contributed by atoms with Crippen molar-refractivity contribution in [2.45, 2.75) is 84.3 Å². The van der Waals surface area contributed by atoms with Crippen molar-refractivity contribution in [1.29, 1.82) is 0 Å². The van der Waals surface area contributed by atoms with Crippen molar-refractivity contribution in [3.8, 4) is 0 Å². The Bertz CT molecular complexity index is 948. The van der Waals surface area contributed by atoms with E-state index < -0.39 is 0 Å². The number of rotatable bonds is 15. The molecule has 1 aliphatic carbocycles. The first-order valence-corrected chi connectivity index (χ1v) is 15.5. The molecule has 0 unspecified atom stereocenters. The van der Waals surface area contributed by atoms with Gasteiger partial charge in [0.25, 0.3) is 0 Å². The van der Waals surface area contributed by atoms with E-state index in [1.807, 2.05) is 6.07 Å². The third-order valence-electron chi connectivity index (χ3n) is 8.47. The Balaban J connectivity index is 1.16. The summed E-state index contributed by atoms with van der Waals surface area (Å²) in [5.41, 5.74) is 8.68. The first-order valence-electron chi connectivity index (χ1n) is 15.5. The van der Waals surface area contributed by atoms with E-state index in [0.29, 0.717) is 18.3 Å². The van der Waals surface area contributed by atoms with E-state index in [-0.39, 0.29) is 0 Å². The van der Waals surface area contributed by atoms with E-state index in [4.69, 9.17) is 10.7 Å². The summed E-state index contributed by atoms with van der Waals surface area (Å²) in [7, 11) is 0. The lowest BCUT2D eigenvalue weighted by Gasteiger charge is -2.37. The molecule has 8 nitrogen and oxygen atoms in total. The number of nitrogen functional groups attached to an aromatic ring is 1. The molecule has 0 amide bonds. The van der Waals surface area contributed by atoms with Gasteiger partial charge in [-0.3, -0.25) is 4.90 Å². The number of hydrogen-bond donors (Lipinski definition) is 4. The molecule has 0 spiro atoms. The maximum atomic E-state index is 6.16. The first kappa shape index (κ1) is 29.6. The van der Waals surface area contributed by atoms with Gasteiger partial charge in [0.15, 0.2) is 0 Å². The maximum absolute atomic E-state index is 6.16. The molecule has 1 saturated heterocycles. The summed E-state index contributed by atoms with van der Waals surface area (Å²) in [4.78, 5) is 14.2. The second-order valence-electron chi connectivity index (χ2n) is 11.4. The summed E-state index contributed by atoms with van der Waals surface area (Å²) in [6.07, 6.45) is 10.6. The van der Waals surface area contributed by atoms with Gasteiger partial charge in [-0.05, 0) is 49.4 Å². The molecule has 2 fully saturated rings. The van der Waals surface area contributed by atoms with Crippen LogP contribution in [0, 0.1) is 5.92 Å². The topological polar surface area (TPSA) is 94.4 Å². The van der Waals surface area contributed by atoms with Crippen molar-refractivity contribution in [1.82, 2.24) is 25.5 Å². The van der Waals surface area contributed by atoms with Crippen LogP contribution in [0.25, 0.3) is 0 Å². The molecule has 1 aromatic carbocycles. The Morgan fingerprint density at radius 3 is 2.28 bits per heavy atom. The summed E-state index contributed by atoms with van der Waals surface area (Å²) in [6, 6.07) is 11.4. The summed E-state index contributed by atoms with van der Waals surface area (Å²) < 4.78 is 0. The average molecular weight is 537 g/mol. The van der Waals surface area contributed by atoms with Gasteiger partial charge in [-0.25, -0.2) is 0 Å². The minimum absolute atomic E-state index is 0.511. The van der Waals surface area contributed by atoms with Gasteiger partial charge in [-0.2, -0.15) is 9.97 Å². The normalized spacial score (nSPS) is 17.2. The molecular weight excluding hydrogens is 484 g/mol. The standard InChI is InChI=1S/C31H52N8/c1-3-25(4-2)24-38-17-19-39(20-18-38)30-21-29(32)36-31(37-30)35-23-27-13-11-26(12-14-27)22-33-15-8-16-34-28-9-6-5-7-10-28/h11-14,21,25,28,33-34H,3-10,15-20,22-24H2,1-2H3,(H3,32,35,36,37). The summed E-state index contributed by atoms with van der Waals surface area (Å²) in [6.45, 7) is 13.6. The minimum Gasteiger partial charge on any atom is -0.383 e. The van der Waals surface area contributed by atoms with Crippen molar-refractivity contribution in [2.24, 2.45) is 5.92 Å². The zero-order valence-corrected chi connectivity index (χ0v) is 24.4. The summed E-state index contributed by atoms with van der Waals surface area (Å²) in [5.74, 6) is 2.82. The van der Waals surface area contributed by atoms with Crippen LogP contribution in [0.15, 0.2) is 30.3 Å². The van der Waals surface area contributed by atoms with Gasteiger partial charge < -0.3 is 26.6 Å². The smallest absolute Gasteiger partial charge is 0.226 e. The molecule has 0 atom stereocenters. The molecule has 39 heavy (non-hydrogen) atoms. The molecule has 1 saturated carbocycles. The number of nitrogens with one attached hydrogen (secondary N) is 3. The molecule has 216 valence electrons. The van der Waals surface area contributed by atoms with Gasteiger partial charge in [0, 0.05) is 57.9 Å². The molecule has 1 aromatic heterocycles. The van der Waals surface area contributed by atoms with Crippen molar-refractivity contribution in [2.75, 3.05) is 61.8 Å². The van der Waals surface area contributed by atoms with Crippen LogP contribution in [-0.2, 0) is 13.1 Å². The Morgan fingerprint density at radius 2 is 1.59 bits per heavy atom. The van der Waals surface area contributed by atoms with E-state index in [2.05, 4.69) is 68.8 Å². The van der Waals surface area contributed by atoms with E-state index in [0.717, 1.165) is 63.6 Å². The van der Waals surface area contributed by atoms with Crippen LogP contribution in [-0.4, -0.2) is 66.7 Å². The molecule has 5 N–H and O–H groups in total. The highest BCUT2D eigenvalue weighted by Crippen LogP contribution is 2.20. The Hall–Kier alpha value is -2.42. The van der Waals surface area contributed by atoms with Crippen molar-refractivity contribution >= 4 is 17.6 Å². The van der Waals surface area contributed by atoms with Gasteiger partial charge >= 0.3 is 0 Å². The third kappa shape index (κ3) is 9.92. The van der Waals surface area contributed by atoms with Gasteiger partial charge in [0.05, 0.1) is 0 Å². The van der Waals surface area contributed by atoms with Crippen LogP contribution in [0.4, 0.5) is 17.6 Å². The van der Waals surface area contributed by atoms with Crippen molar-refractivity contribution in [3.05, 3.63) is 41.5 Å². The lowest BCUT2D eigenvalue weighted by molar-refractivity contribution is 0.212. The monoisotopic (exact) mass is 536 g/mol. The van der Waals surface area contributed by atoms with Crippen LogP contribution in [0.3, 0.4) is 0 Å². The zero-order chi connectivity index (χ0) is 27.3. The highest BCUT2D eigenvalue weighted by atomic mass is 15.3. The third-order valence-corrected chi connectivity index (χ3v) is 8.47. The minimum atomic E-state index is 0.511. The van der Waals surface area contributed by atoms with Crippen LogP contribution in [0.5, 0.6) is 0 Å². The van der Waals surface area contributed by atoms with E-state index in [1.165, 1.54) is 69.0 Å². The number of aromatic nitrogens is 2. The molecule has 4 rings (SSSR count). The Morgan fingerprint density at radius 1 is 0.897 bits per heavy atom. The van der Waals surface area contributed by atoms with Gasteiger partial charge in [-0.1, -0.05) is 70.2 Å². The first-order chi connectivity index (χ1) is 19.1. The van der Waals surface area contributed by atoms with Crippen LogP contribution in [0.2, 0.25) is 0 Å². The zero-order valence-electron chi connectivity index (χ0n) is 24.4. The Labute approximate surface area is 236 Å². The highest BCUT2D eigenvalue weighted by molar-refractivity contribution is 5.52. The van der Waals surface area contributed by atoms with E-state index in [1.54, 1.807) is 0 Å². The quantitative estimate of drug-likeness (QED) is 0.245. The molecule has 2 heterocycles. The van der Waals surface area contributed by atoms with E-state index >= 15 is 0 Å². The van der Waals surface area contributed by atoms with Crippen molar-refractivity contribution in [3.63, 3.8) is 0 Å². The van der Waals surface area contributed by atoms with Gasteiger partial charge in [-0.15, -0.1) is 0 Å². The number of piperazine rings is 1. The fraction of sp³-hybridized carbons (Fsp3) is 0.677. The fourth-order valence-electron chi connectivity index (χ4n) is 5.78. The fourth-order valence-corrected chi connectivity index (χ4v) is 5.78. The van der Waals surface area contributed by atoms with Crippen LogP contribution < -0.4 is 26.6 Å². The van der Waals surface area contributed by atoms with Gasteiger partial charge in [0.2, 0.25) is 5.95 Å². The van der Waals surface area contributed by atoms with Gasteiger partial charge in [0.1, 0.15) is 11.6 Å². The number of hydrogen-bond acceptors (Lipinski definition) is 8. The molecule has 8 heteroatoms. The van der Waals surface area contributed by atoms with Crippen LogP contribution in [0.1, 0.15) is 76.3 Å². The van der Waals surface area contributed by atoms with E-state index in [9.17, 15) is 0 Å². The predicted octanol–water partition coefficient (Wildman–Crippen LogP) is 4.63. The predicted molar refractivity (Wildman–Crippen MR) is 164 cm³/mol. The average Bonchev–Trinajstić information content (AvgIpc) is 2.98. The molecule has 2 aromatic rings.